The molecule has 16 heavy (non-hydrogen) atoms. The average Bonchev–Trinajstić information content (AvgIpc) is 2.26. The van der Waals surface area contributed by atoms with Crippen molar-refractivity contribution in [3.05, 3.63) is 33.9 Å². The van der Waals surface area contributed by atoms with Crippen LogP contribution in [0, 0.1) is 10.1 Å². The van der Waals surface area contributed by atoms with E-state index in [2.05, 4.69) is 0 Å². The maximum Gasteiger partial charge on any atom is 0.311 e. The van der Waals surface area contributed by atoms with Gasteiger partial charge >= 0.3 is 5.69 Å². The number of rotatable bonds is 4. The van der Waals surface area contributed by atoms with Gasteiger partial charge in [0, 0.05) is 6.07 Å². The van der Waals surface area contributed by atoms with Crippen LogP contribution in [0.25, 0.3) is 0 Å². The zero-order chi connectivity index (χ0) is 12.3. The van der Waals surface area contributed by atoms with Gasteiger partial charge in [-0.05, 0) is 18.6 Å². The summed E-state index contributed by atoms with van der Waals surface area (Å²) in [4.78, 5) is 21.1. The second-order valence-electron chi connectivity index (χ2n) is 3.31. The molecule has 2 N–H and O–H groups in total. The summed E-state index contributed by atoms with van der Waals surface area (Å²) in [6, 6.07) is 4.34. The number of methoxy groups -OCH3 is 1. The summed E-state index contributed by atoms with van der Waals surface area (Å²) in [5, 5.41) is 10.7. The quantitative estimate of drug-likeness (QED) is 0.613. The Hall–Kier alpha value is -2.11. The molecule has 1 atom stereocenters. The minimum atomic E-state index is -0.565. The fraction of sp³-hybridized carbons (Fsp3) is 0.300. The molecule has 0 bridgehead atoms. The molecule has 1 amide bonds. The first-order valence-electron chi connectivity index (χ1n) is 4.59. The highest BCUT2D eigenvalue weighted by Crippen LogP contribution is 2.30. The number of ether oxygens (including phenoxy) is 1. The van der Waals surface area contributed by atoms with Crippen LogP contribution in [0.15, 0.2) is 18.2 Å². The number of carbonyl (C=O) groups is 1. The summed E-state index contributed by atoms with van der Waals surface area (Å²) in [6.45, 7) is 1.59. The monoisotopic (exact) mass is 224 g/mol. The van der Waals surface area contributed by atoms with Crippen molar-refractivity contribution in [1.82, 2.24) is 0 Å². The van der Waals surface area contributed by atoms with Crippen LogP contribution in [0.5, 0.6) is 5.75 Å². The molecule has 0 radical (unpaired) electrons. The van der Waals surface area contributed by atoms with E-state index in [9.17, 15) is 14.9 Å². The summed E-state index contributed by atoms with van der Waals surface area (Å²) in [5.41, 5.74) is 5.45. The highest BCUT2D eigenvalue weighted by atomic mass is 16.6. The van der Waals surface area contributed by atoms with Crippen LogP contribution in [-0.4, -0.2) is 17.9 Å². The van der Waals surface area contributed by atoms with Gasteiger partial charge in [0.1, 0.15) is 0 Å². The fourth-order valence-corrected chi connectivity index (χ4v) is 1.28. The number of nitrogens with two attached hydrogens (primary N) is 1. The van der Waals surface area contributed by atoms with Crippen LogP contribution in [0.1, 0.15) is 18.4 Å². The lowest BCUT2D eigenvalue weighted by molar-refractivity contribution is -0.385. The highest BCUT2D eigenvalue weighted by molar-refractivity contribution is 5.81. The van der Waals surface area contributed by atoms with E-state index in [0.29, 0.717) is 5.56 Å². The van der Waals surface area contributed by atoms with E-state index in [0.717, 1.165) is 0 Å². The third-order valence-electron chi connectivity index (χ3n) is 2.33. The standard InChI is InChI=1S/C10H12N2O4/c1-6(10(11)13)7-3-4-9(16-2)8(5-7)12(14)15/h3-6H,1-2H3,(H2,11,13). The van der Waals surface area contributed by atoms with Gasteiger partial charge in [-0.15, -0.1) is 0 Å². The first kappa shape index (κ1) is 12.0. The Morgan fingerprint density at radius 2 is 2.19 bits per heavy atom. The first-order valence-corrected chi connectivity index (χ1v) is 4.59. The van der Waals surface area contributed by atoms with Crippen LogP contribution in [0.2, 0.25) is 0 Å². The van der Waals surface area contributed by atoms with Gasteiger partial charge in [0.05, 0.1) is 18.0 Å². The van der Waals surface area contributed by atoms with Gasteiger partial charge in [-0.1, -0.05) is 6.07 Å². The zero-order valence-electron chi connectivity index (χ0n) is 8.97. The number of nitrogens with zero attached hydrogens (tertiary/aromatic N) is 1. The van der Waals surface area contributed by atoms with Crippen molar-refractivity contribution in [2.75, 3.05) is 7.11 Å². The molecule has 0 spiro atoms. The smallest absolute Gasteiger partial charge is 0.311 e. The molecule has 0 fully saturated rings. The predicted octanol–water partition coefficient (Wildman–Crippen LogP) is 1.19. The lowest BCUT2D eigenvalue weighted by Crippen LogP contribution is -2.18. The van der Waals surface area contributed by atoms with Crippen LogP contribution in [-0.2, 0) is 4.79 Å². The molecule has 0 aliphatic heterocycles. The lowest BCUT2D eigenvalue weighted by atomic mass is 10.00. The van der Waals surface area contributed by atoms with Crippen LogP contribution in [0.3, 0.4) is 0 Å². The minimum absolute atomic E-state index is 0.158. The topological polar surface area (TPSA) is 95.5 Å². The molecule has 6 heteroatoms. The maximum atomic E-state index is 11.0. The molecular weight excluding hydrogens is 212 g/mol. The van der Waals surface area contributed by atoms with Crippen molar-refractivity contribution in [3.8, 4) is 5.75 Å². The molecule has 0 aliphatic rings. The van der Waals surface area contributed by atoms with E-state index in [4.69, 9.17) is 10.5 Å². The predicted molar refractivity (Wildman–Crippen MR) is 57.3 cm³/mol. The number of benzene rings is 1. The summed E-state index contributed by atoms with van der Waals surface area (Å²) in [7, 11) is 1.35. The van der Waals surface area contributed by atoms with E-state index < -0.39 is 16.7 Å². The molecule has 0 heterocycles. The number of nitro benzene ring substituents is 1. The van der Waals surface area contributed by atoms with E-state index in [1.165, 1.54) is 19.2 Å². The Bertz CT molecular complexity index is 431. The maximum absolute atomic E-state index is 11.0. The number of hydrogen-bond donors (Lipinski definition) is 1. The zero-order valence-corrected chi connectivity index (χ0v) is 8.97. The van der Waals surface area contributed by atoms with Crippen LogP contribution >= 0.6 is 0 Å². The molecule has 1 aromatic rings. The molecule has 0 saturated heterocycles. The second-order valence-corrected chi connectivity index (χ2v) is 3.31. The Labute approximate surface area is 92.2 Å². The summed E-state index contributed by atoms with van der Waals surface area (Å²) < 4.78 is 4.84. The van der Waals surface area contributed by atoms with Crippen molar-refractivity contribution < 1.29 is 14.5 Å². The normalized spacial score (nSPS) is 11.9. The van der Waals surface area contributed by atoms with Gasteiger partial charge in [0.15, 0.2) is 5.75 Å². The van der Waals surface area contributed by atoms with Gasteiger partial charge in [0.2, 0.25) is 5.91 Å². The van der Waals surface area contributed by atoms with E-state index >= 15 is 0 Å². The van der Waals surface area contributed by atoms with Gasteiger partial charge < -0.3 is 10.5 Å². The van der Waals surface area contributed by atoms with Crippen molar-refractivity contribution in [1.29, 1.82) is 0 Å². The van der Waals surface area contributed by atoms with Crippen LogP contribution in [0.4, 0.5) is 5.69 Å². The Kier molecular flexibility index (Phi) is 3.44. The Balaban J connectivity index is 3.21. The third-order valence-corrected chi connectivity index (χ3v) is 2.33. The average molecular weight is 224 g/mol. The van der Waals surface area contributed by atoms with Crippen molar-refractivity contribution >= 4 is 11.6 Å². The van der Waals surface area contributed by atoms with Gasteiger partial charge in [-0.3, -0.25) is 14.9 Å². The number of hydrogen-bond acceptors (Lipinski definition) is 4. The number of amides is 1. The minimum Gasteiger partial charge on any atom is -0.490 e. The molecule has 0 aromatic heterocycles. The van der Waals surface area contributed by atoms with E-state index in [1.54, 1.807) is 13.0 Å². The van der Waals surface area contributed by atoms with Crippen LogP contribution < -0.4 is 10.5 Å². The highest BCUT2D eigenvalue weighted by Gasteiger charge is 2.19. The largest absolute Gasteiger partial charge is 0.490 e. The van der Waals surface area contributed by atoms with Crippen molar-refractivity contribution in [2.45, 2.75) is 12.8 Å². The summed E-state index contributed by atoms with van der Waals surface area (Å²) in [5.74, 6) is -0.936. The summed E-state index contributed by atoms with van der Waals surface area (Å²) in [6.07, 6.45) is 0. The second kappa shape index (κ2) is 4.61. The molecular formula is C10H12N2O4. The molecule has 1 unspecified atom stereocenters. The summed E-state index contributed by atoms with van der Waals surface area (Å²) >= 11 is 0. The molecule has 0 saturated carbocycles. The fourth-order valence-electron chi connectivity index (χ4n) is 1.28. The molecule has 6 nitrogen and oxygen atoms in total. The number of primary amides is 1. The Morgan fingerprint density at radius 3 is 2.62 bits per heavy atom. The molecule has 0 aliphatic carbocycles. The van der Waals surface area contributed by atoms with Crippen molar-refractivity contribution in [3.63, 3.8) is 0 Å². The third kappa shape index (κ3) is 2.28. The molecule has 86 valence electrons. The van der Waals surface area contributed by atoms with Crippen molar-refractivity contribution in [2.24, 2.45) is 5.73 Å². The van der Waals surface area contributed by atoms with Gasteiger partial charge in [0.25, 0.3) is 0 Å². The van der Waals surface area contributed by atoms with E-state index in [1.807, 2.05) is 0 Å². The SMILES string of the molecule is COc1ccc(C(C)C(N)=O)cc1[N+](=O)[O-]. The first-order chi connectivity index (χ1) is 7.47. The van der Waals surface area contributed by atoms with E-state index in [-0.39, 0.29) is 11.4 Å². The van der Waals surface area contributed by atoms with Gasteiger partial charge in [-0.2, -0.15) is 0 Å². The number of carbonyl (C=O) groups excluding carboxylic acids is 1. The Morgan fingerprint density at radius 1 is 1.56 bits per heavy atom. The lowest BCUT2D eigenvalue weighted by Gasteiger charge is -2.08. The number of nitro groups is 1. The molecule has 1 aromatic carbocycles. The molecule has 1 rings (SSSR count). The van der Waals surface area contributed by atoms with Gasteiger partial charge in [-0.25, -0.2) is 0 Å².